The van der Waals surface area contributed by atoms with Gasteiger partial charge in [-0.15, -0.1) is 0 Å². The van der Waals surface area contributed by atoms with Crippen LogP contribution in [0.1, 0.15) is 76.9 Å². The number of nitrogens with zero attached hydrogens (tertiary/aromatic N) is 1. The van der Waals surface area contributed by atoms with Crippen LogP contribution in [0, 0.1) is 0 Å². The summed E-state index contributed by atoms with van der Waals surface area (Å²) in [5.41, 5.74) is -1.24. The van der Waals surface area contributed by atoms with Crippen LogP contribution in [-0.2, 0) is 11.2 Å². The van der Waals surface area contributed by atoms with Gasteiger partial charge in [0.05, 0.1) is 16.9 Å². The van der Waals surface area contributed by atoms with Crippen molar-refractivity contribution in [1.82, 2.24) is 4.98 Å². The molecule has 0 aliphatic carbocycles. The molecule has 0 saturated heterocycles. The number of hydrogen-bond donors (Lipinski definition) is 3. The monoisotopic (exact) mass is 388 g/mol. The van der Waals surface area contributed by atoms with Gasteiger partial charge in [-0.3, -0.25) is 5.32 Å². The number of unbranched alkanes of at least 4 members (excludes halogenated alkanes) is 1. The molecule has 0 saturated carbocycles. The number of rotatable bonds is 7. The molecular weight excluding hydrogens is 355 g/mol. The summed E-state index contributed by atoms with van der Waals surface area (Å²) in [6.07, 6.45) is 2.68. The van der Waals surface area contributed by atoms with Gasteiger partial charge in [-0.05, 0) is 59.6 Å². The standard InChI is InChI=1S/C16H24N2O5.C4H9.Li/c1-15(2,3)23-14(21)18-12-7-6-10(13(19)20)11(17-12)8-9-16(4,5)22;1-3-4-2;/h6-7,22H,8-9H2,1-5H3,(H,19,20)(H,17,18,21);1,3-4H2,2H3;. The topological polar surface area (TPSA) is 109 Å². The third kappa shape index (κ3) is 12.8. The van der Waals surface area contributed by atoms with Crippen molar-refractivity contribution < 1.29 is 24.5 Å². The van der Waals surface area contributed by atoms with E-state index in [9.17, 15) is 19.8 Å². The molecular formula is C20H33LiN2O5. The average molecular weight is 388 g/mol. The van der Waals surface area contributed by atoms with E-state index in [1.54, 1.807) is 34.6 Å². The quantitative estimate of drug-likeness (QED) is 0.604. The Morgan fingerprint density at radius 1 is 1.21 bits per heavy atom. The number of aryl methyl sites for hydroxylation is 1. The van der Waals surface area contributed by atoms with E-state index in [1.807, 2.05) is 0 Å². The number of anilines is 1. The minimum absolute atomic E-state index is 0.0454. The molecule has 0 aromatic carbocycles. The zero-order valence-corrected chi connectivity index (χ0v) is 18.3. The van der Waals surface area contributed by atoms with Crippen LogP contribution in [0.4, 0.5) is 10.6 Å². The van der Waals surface area contributed by atoms with E-state index in [-0.39, 0.29) is 17.8 Å². The van der Waals surface area contributed by atoms with E-state index in [0.717, 1.165) is 0 Å². The number of hydrogen-bond acceptors (Lipinski definition) is 5. The summed E-state index contributed by atoms with van der Waals surface area (Å²) in [6.45, 7) is 10.7. The molecule has 0 spiro atoms. The first-order valence-corrected chi connectivity index (χ1v) is 9.74. The van der Waals surface area contributed by atoms with Crippen LogP contribution < -0.4 is 5.32 Å². The predicted octanol–water partition coefficient (Wildman–Crippen LogP) is 4.20. The Bertz CT molecular complexity index is 634. The van der Waals surface area contributed by atoms with Gasteiger partial charge in [-0.2, -0.15) is 0 Å². The number of amides is 1. The van der Waals surface area contributed by atoms with Gasteiger partial charge in [-0.1, -0.05) is 0 Å². The molecule has 1 rings (SSSR count). The van der Waals surface area contributed by atoms with Gasteiger partial charge < -0.3 is 14.9 Å². The Balaban J connectivity index is 0.00000129. The summed E-state index contributed by atoms with van der Waals surface area (Å²) in [7, 11) is 0. The Labute approximate surface area is 177 Å². The van der Waals surface area contributed by atoms with Crippen molar-refractivity contribution in [3.05, 3.63) is 23.4 Å². The number of pyridine rings is 1. The molecule has 8 heteroatoms. The van der Waals surface area contributed by atoms with E-state index >= 15 is 0 Å². The van der Waals surface area contributed by atoms with Crippen LogP contribution >= 0.6 is 0 Å². The molecule has 0 atom stereocenters. The van der Waals surface area contributed by atoms with Gasteiger partial charge in [0.2, 0.25) is 0 Å². The molecule has 28 heavy (non-hydrogen) atoms. The molecule has 0 fully saturated rings. The number of aromatic carboxylic acids is 1. The van der Waals surface area contributed by atoms with Crippen molar-refractivity contribution in [3.8, 4) is 0 Å². The minimum atomic E-state index is -1.10. The van der Waals surface area contributed by atoms with Crippen LogP contribution in [0.25, 0.3) is 0 Å². The Morgan fingerprint density at radius 2 is 1.82 bits per heavy atom. The Hall–Kier alpha value is -1.55. The Kier molecular flexibility index (Phi) is 11.4. The molecule has 1 aromatic rings. The zero-order chi connectivity index (χ0) is 22.0. The second kappa shape index (κ2) is 12.1. The van der Waals surface area contributed by atoms with E-state index in [0.29, 0.717) is 12.1 Å². The molecule has 0 unspecified atom stereocenters. The van der Waals surface area contributed by atoms with Crippen molar-refractivity contribution in [2.75, 3.05) is 5.32 Å². The number of carboxylic acids is 1. The summed E-state index contributed by atoms with van der Waals surface area (Å²) < 4.78 is 5.13. The number of carboxylic acid groups (broad SMARTS) is 1. The fourth-order valence-electron chi connectivity index (χ4n) is 2.14. The number of carbonyl (C=O) groups excluding carboxylic acids is 1. The second-order valence-electron chi connectivity index (χ2n) is 8.29. The summed E-state index contributed by atoms with van der Waals surface area (Å²) in [5.74, 6) is -0.901. The first-order chi connectivity index (χ1) is 12.8. The molecule has 3 N–H and O–H groups in total. The van der Waals surface area contributed by atoms with Crippen LogP contribution in [0.15, 0.2) is 12.1 Å². The predicted molar refractivity (Wildman–Crippen MR) is 111 cm³/mol. The van der Waals surface area contributed by atoms with Gasteiger partial charge in [-0.25, -0.2) is 14.6 Å². The molecule has 0 bridgehead atoms. The van der Waals surface area contributed by atoms with Crippen LogP contribution in [-0.4, -0.2) is 56.2 Å². The fourth-order valence-corrected chi connectivity index (χ4v) is 2.14. The third-order valence-electron chi connectivity index (χ3n) is 3.51. The Morgan fingerprint density at radius 3 is 2.21 bits per heavy atom. The van der Waals surface area contributed by atoms with Gasteiger partial charge in [0.15, 0.2) is 0 Å². The molecule has 0 aliphatic heterocycles. The maximum atomic E-state index is 11.7. The van der Waals surface area contributed by atoms with Crippen LogP contribution in [0.2, 0.25) is 5.09 Å². The molecule has 0 radical (unpaired) electrons. The van der Waals surface area contributed by atoms with Crippen LogP contribution in [0.5, 0.6) is 0 Å². The summed E-state index contributed by atoms with van der Waals surface area (Å²) >= 11 is 2.21. The van der Waals surface area contributed by atoms with Crippen molar-refractivity contribution in [1.29, 1.82) is 0 Å². The summed E-state index contributed by atoms with van der Waals surface area (Å²) in [5, 5.41) is 22.8. The summed E-state index contributed by atoms with van der Waals surface area (Å²) in [6, 6.07) is 2.78. The van der Waals surface area contributed by atoms with E-state index in [1.165, 1.54) is 30.1 Å². The second-order valence-corrected chi connectivity index (χ2v) is 8.29. The van der Waals surface area contributed by atoms with E-state index < -0.39 is 23.3 Å². The normalized spacial score (nSPS) is 11.3. The van der Waals surface area contributed by atoms with Crippen LogP contribution in [0.3, 0.4) is 0 Å². The van der Waals surface area contributed by atoms with Crippen molar-refractivity contribution >= 4 is 35.6 Å². The zero-order valence-electron chi connectivity index (χ0n) is 18.3. The number of aliphatic hydroxyl groups is 1. The fraction of sp³-hybridized carbons (Fsp3) is 0.650. The molecule has 0 aliphatic rings. The van der Waals surface area contributed by atoms with E-state index in [4.69, 9.17) is 4.74 Å². The third-order valence-corrected chi connectivity index (χ3v) is 3.51. The van der Waals surface area contributed by atoms with Crippen molar-refractivity contribution in [2.45, 2.75) is 83.5 Å². The molecule has 1 amide bonds. The van der Waals surface area contributed by atoms with Gasteiger partial charge in [0, 0.05) is 0 Å². The number of carbonyl (C=O) groups is 2. The summed E-state index contributed by atoms with van der Waals surface area (Å²) in [4.78, 5) is 27.2. The van der Waals surface area contributed by atoms with Gasteiger partial charge in [0.25, 0.3) is 0 Å². The maximum absolute atomic E-state index is 11.7. The number of aromatic nitrogens is 1. The molecule has 7 nitrogen and oxygen atoms in total. The van der Waals surface area contributed by atoms with Crippen molar-refractivity contribution in [3.63, 3.8) is 0 Å². The van der Waals surface area contributed by atoms with E-state index in [2.05, 4.69) is 34.9 Å². The van der Waals surface area contributed by atoms with Crippen molar-refractivity contribution in [2.24, 2.45) is 0 Å². The SMILES string of the molecule is CC(C)(O)CCc1nc(NC(=O)OC(C)(C)C)ccc1C(=O)O.[Li][CH2]CCC. The van der Waals surface area contributed by atoms with Gasteiger partial charge >= 0.3 is 54.6 Å². The first kappa shape index (κ1) is 26.4. The van der Waals surface area contributed by atoms with Gasteiger partial charge in [0.1, 0.15) is 11.4 Å². The molecule has 1 heterocycles. The number of nitrogens with one attached hydrogen (secondary N) is 1. The average Bonchev–Trinajstić information content (AvgIpc) is 2.51. The first-order valence-electron chi connectivity index (χ1n) is 9.74. The molecule has 154 valence electrons. The number of ether oxygens (including phenoxy) is 1. The molecule has 1 aromatic heterocycles.